The first-order chi connectivity index (χ1) is 9.97. The van der Waals surface area contributed by atoms with Gasteiger partial charge in [-0.2, -0.15) is 5.10 Å². The van der Waals surface area contributed by atoms with E-state index in [9.17, 15) is 9.59 Å². The third-order valence-electron chi connectivity index (χ3n) is 4.06. The molecule has 0 saturated carbocycles. The van der Waals surface area contributed by atoms with Gasteiger partial charge in [0.15, 0.2) is 0 Å². The minimum atomic E-state index is 0.0490. The summed E-state index contributed by atoms with van der Waals surface area (Å²) in [4.78, 5) is 28.0. The van der Waals surface area contributed by atoms with Gasteiger partial charge >= 0.3 is 0 Å². The molecule has 2 aliphatic rings. The van der Waals surface area contributed by atoms with Crippen molar-refractivity contribution >= 4 is 11.7 Å². The van der Waals surface area contributed by atoms with Gasteiger partial charge in [0, 0.05) is 64.4 Å². The van der Waals surface area contributed by atoms with E-state index in [1.54, 1.807) is 11.8 Å². The molecule has 0 unspecified atom stereocenters. The molecule has 2 aliphatic heterocycles. The molecule has 0 radical (unpaired) electrons. The maximum atomic E-state index is 12.7. The molecule has 0 atom stereocenters. The van der Waals surface area contributed by atoms with Crippen LogP contribution in [0.15, 0.2) is 11.8 Å². The third kappa shape index (κ3) is 2.34. The van der Waals surface area contributed by atoms with Gasteiger partial charge in [0.05, 0.1) is 5.69 Å². The summed E-state index contributed by atoms with van der Waals surface area (Å²) in [6.07, 6.45) is 3.33. The zero-order valence-electron chi connectivity index (χ0n) is 12.7. The fraction of sp³-hybridized carbons (Fsp3) is 0.533. The minimum absolute atomic E-state index is 0.0490. The summed E-state index contributed by atoms with van der Waals surface area (Å²) >= 11 is 0. The summed E-state index contributed by atoms with van der Waals surface area (Å²) in [6, 6.07) is 0. The number of carbonyl (C=O) groups excluding carboxylic acids is 2. The number of carbonyl (C=O) groups is 2. The standard InChI is InChI=1S/C15H20N4O2/c1-10(20)18-6-5-13-12(9-18)14-15(21)11(8-17(2)3)4-7-19(14)16-13/h8H,4-7,9H2,1-3H3. The first-order valence-electron chi connectivity index (χ1n) is 7.23. The highest BCUT2D eigenvalue weighted by Gasteiger charge is 2.32. The number of rotatable bonds is 1. The monoisotopic (exact) mass is 288 g/mol. The van der Waals surface area contributed by atoms with Gasteiger partial charge in [-0.05, 0) is 6.42 Å². The number of hydrogen-bond donors (Lipinski definition) is 0. The molecule has 6 heteroatoms. The number of fused-ring (bicyclic) bond motifs is 3. The van der Waals surface area contributed by atoms with Crippen LogP contribution in [-0.2, 0) is 24.3 Å². The van der Waals surface area contributed by atoms with Gasteiger partial charge in [0.25, 0.3) is 0 Å². The van der Waals surface area contributed by atoms with Crippen LogP contribution in [0.3, 0.4) is 0 Å². The van der Waals surface area contributed by atoms with Gasteiger partial charge in [0.2, 0.25) is 11.7 Å². The van der Waals surface area contributed by atoms with Crippen molar-refractivity contribution in [2.75, 3.05) is 20.6 Å². The molecule has 21 heavy (non-hydrogen) atoms. The third-order valence-corrected chi connectivity index (χ3v) is 4.06. The number of ketones is 1. The van der Waals surface area contributed by atoms with Crippen LogP contribution < -0.4 is 0 Å². The summed E-state index contributed by atoms with van der Waals surface area (Å²) in [5.74, 6) is 0.0991. The SMILES string of the molecule is CC(=O)N1CCc2nn3c(c2C1)C(=O)C(=CN(C)C)CC3. The zero-order chi connectivity index (χ0) is 15.1. The molecule has 3 heterocycles. The highest BCUT2D eigenvalue weighted by atomic mass is 16.2. The second-order valence-electron chi connectivity index (χ2n) is 5.88. The summed E-state index contributed by atoms with van der Waals surface area (Å²) in [5.41, 5.74) is 3.40. The van der Waals surface area contributed by atoms with Crippen molar-refractivity contribution in [1.29, 1.82) is 0 Å². The van der Waals surface area contributed by atoms with E-state index < -0.39 is 0 Å². The second-order valence-corrected chi connectivity index (χ2v) is 5.88. The van der Waals surface area contributed by atoms with E-state index in [0.29, 0.717) is 25.2 Å². The quantitative estimate of drug-likeness (QED) is 0.718. The van der Waals surface area contributed by atoms with E-state index in [1.165, 1.54) is 0 Å². The number of aryl methyl sites for hydroxylation is 1. The largest absolute Gasteiger partial charge is 0.383 e. The fourth-order valence-corrected chi connectivity index (χ4v) is 3.04. The molecule has 1 aromatic heterocycles. The van der Waals surface area contributed by atoms with Gasteiger partial charge in [-0.1, -0.05) is 0 Å². The van der Waals surface area contributed by atoms with Gasteiger partial charge in [-0.15, -0.1) is 0 Å². The highest BCUT2D eigenvalue weighted by molar-refractivity contribution is 6.09. The summed E-state index contributed by atoms with van der Waals surface area (Å²) in [6.45, 7) is 3.49. The van der Waals surface area contributed by atoms with Crippen LogP contribution in [0.5, 0.6) is 0 Å². The topological polar surface area (TPSA) is 58.4 Å². The van der Waals surface area contributed by atoms with Crippen molar-refractivity contribution in [2.24, 2.45) is 0 Å². The molecular formula is C15H20N4O2. The Kier molecular flexibility index (Phi) is 3.31. The average Bonchev–Trinajstić information content (AvgIpc) is 2.79. The van der Waals surface area contributed by atoms with E-state index in [2.05, 4.69) is 5.10 Å². The van der Waals surface area contributed by atoms with Gasteiger partial charge < -0.3 is 9.80 Å². The van der Waals surface area contributed by atoms with Crippen LogP contribution in [0.2, 0.25) is 0 Å². The normalized spacial score (nSPS) is 19.5. The number of hydrogen-bond acceptors (Lipinski definition) is 4. The molecule has 3 rings (SSSR count). The van der Waals surface area contributed by atoms with Crippen molar-refractivity contribution in [1.82, 2.24) is 19.6 Å². The van der Waals surface area contributed by atoms with Crippen molar-refractivity contribution in [3.63, 3.8) is 0 Å². The maximum Gasteiger partial charge on any atom is 0.219 e. The zero-order valence-corrected chi connectivity index (χ0v) is 12.7. The van der Waals surface area contributed by atoms with Crippen LogP contribution in [-0.4, -0.2) is 51.9 Å². The van der Waals surface area contributed by atoms with Crippen molar-refractivity contribution < 1.29 is 9.59 Å². The number of nitrogens with zero attached hydrogens (tertiary/aromatic N) is 4. The second kappa shape index (κ2) is 5.02. The van der Waals surface area contributed by atoms with E-state index in [1.807, 2.05) is 29.9 Å². The van der Waals surface area contributed by atoms with Gasteiger partial charge in [-0.3, -0.25) is 14.3 Å². The Morgan fingerprint density at radius 3 is 2.71 bits per heavy atom. The average molecular weight is 288 g/mol. The smallest absolute Gasteiger partial charge is 0.219 e. The lowest BCUT2D eigenvalue weighted by atomic mass is 9.96. The van der Waals surface area contributed by atoms with Crippen molar-refractivity contribution in [3.05, 3.63) is 28.7 Å². The number of Topliss-reactive ketones (excluding diaryl/α,β-unsaturated/α-hetero) is 1. The molecule has 0 N–H and O–H groups in total. The Labute approximate surface area is 124 Å². The van der Waals surface area contributed by atoms with Crippen LogP contribution >= 0.6 is 0 Å². The minimum Gasteiger partial charge on any atom is -0.383 e. The van der Waals surface area contributed by atoms with E-state index >= 15 is 0 Å². The summed E-state index contributed by atoms with van der Waals surface area (Å²) < 4.78 is 1.82. The molecule has 6 nitrogen and oxygen atoms in total. The number of amides is 1. The van der Waals surface area contributed by atoms with Crippen molar-refractivity contribution in [3.8, 4) is 0 Å². The summed E-state index contributed by atoms with van der Waals surface area (Å²) in [7, 11) is 3.83. The van der Waals surface area contributed by atoms with Gasteiger partial charge in [-0.25, -0.2) is 0 Å². The van der Waals surface area contributed by atoms with Crippen molar-refractivity contribution in [2.45, 2.75) is 32.9 Å². The van der Waals surface area contributed by atoms with E-state index in [0.717, 1.165) is 29.8 Å². The lowest BCUT2D eigenvalue weighted by Crippen LogP contribution is -2.34. The molecule has 0 aromatic carbocycles. The molecule has 0 aliphatic carbocycles. The van der Waals surface area contributed by atoms with Crippen LogP contribution in [0.25, 0.3) is 0 Å². The number of allylic oxidation sites excluding steroid dienone is 1. The molecular weight excluding hydrogens is 268 g/mol. The first kappa shape index (κ1) is 13.9. The molecule has 0 fully saturated rings. The van der Waals surface area contributed by atoms with Crippen LogP contribution in [0.4, 0.5) is 0 Å². The molecule has 112 valence electrons. The Bertz CT molecular complexity index is 642. The van der Waals surface area contributed by atoms with Crippen LogP contribution in [0.1, 0.15) is 35.1 Å². The molecule has 0 saturated heterocycles. The lowest BCUT2D eigenvalue weighted by molar-refractivity contribution is -0.129. The first-order valence-corrected chi connectivity index (χ1v) is 7.23. The Balaban J connectivity index is 2.00. The Morgan fingerprint density at radius 1 is 1.29 bits per heavy atom. The van der Waals surface area contributed by atoms with E-state index in [4.69, 9.17) is 0 Å². The molecule has 0 spiro atoms. The molecule has 1 aromatic rings. The fourth-order valence-electron chi connectivity index (χ4n) is 3.04. The highest BCUT2D eigenvalue weighted by Crippen LogP contribution is 2.28. The maximum absolute atomic E-state index is 12.7. The molecule has 1 amide bonds. The Hall–Kier alpha value is -2.11. The predicted octanol–water partition coefficient (Wildman–Crippen LogP) is 0.820. The lowest BCUT2D eigenvalue weighted by Gasteiger charge is -2.26. The Morgan fingerprint density at radius 2 is 2.05 bits per heavy atom. The van der Waals surface area contributed by atoms with Gasteiger partial charge in [0.1, 0.15) is 5.69 Å². The molecule has 0 bridgehead atoms. The number of aromatic nitrogens is 2. The predicted molar refractivity (Wildman–Crippen MR) is 77.7 cm³/mol. The van der Waals surface area contributed by atoms with E-state index in [-0.39, 0.29) is 11.7 Å². The summed E-state index contributed by atoms with van der Waals surface area (Å²) in [5, 5.41) is 4.57. The van der Waals surface area contributed by atoms with Crippen LogP contribution in [0, 0.1) is 0 Å².